The Morgan fingerprint density at radius 2 is 1.65 bits per heavy atom. The van der Waals surface area contributed by atoms with Gasteiger partial charge in [-0.25, -0.2) is 19.6 Å². The van der Waals surface area contributed by atoms with Crippen LogP contribution in [0.3, 0.4) is 0 Å². The summed E-state index contributed by atoms with van der Waals surface area (Å²) in [5.74, 6) is 1.89. The van der Waals surface area contributed by atoms with Crippen molar-refractivity contribution in [3.05, 3.63) is 65.9 Å². The third-order valence-corrected chi connectivity index (χ3v) is 13.0. The van der Waals surface area contributed by atoms with Gasteiger partial charge in [0.1, 0.15) is 36.1 Å². The molecular weight excluding hydrogens is 793 g/mol. The van der Waals surface area contributed by atoms with E-state index in [4.69, 9.17) is 28.9 Å². The van der Waals surface area contributed by atoms with Gasteiger partial charge in [-0.05, 0) is 91.3 Å². The Labute approximate surface area is 360 Å². The van der Waals surface area contributed by atoms with Crippen LogP contribution >= 0.6 is 0 Å². The highest BCUT2D eigenvalue weighted by Gasteiger charge is 2.43. The maximum Gasteiger partial charge on any atom is 0.407 e. The third-order valence-electron chi connectivity index (χ3n) is 13.0. The second-order valence-electron chi connectivity index (χ2n) is 17.1. The molecule has 62 heavy (non-hydrogen) atoms. The van der Waals surface area contributed by atoms with Gasteiger partial charge in [-0.1, -0.05) is 45.4 Å². The Kier molecular flexibility index (Phi) is 11.9. The van der Waals surface area contributed by atoms with E-state index in [0.29, 0.717) is 24.8 Å². The van der Waals surface area contributed by atoms with Crippen LogP contribution in [0.25, 0.3) is 44.2 Å². The van der Waals surface area contributed by atoms with Crippen molar-refractivity contribution in [1.82, 2.24) is 40.4 Å². The Morgan fingerprint density at radius 3 is 2.35 bits per heavy atom. The summed E-state index contributed by atoms with van der Waals surface area (Å²) in [7, 11) is 4.07. The van der Waals surface area contributed by atoms with Gasteiger partial charge in [0.05, 0.1) is 55.3 Å². The minimum Gasteiger partial charge on any atom is -0.488 e. The number of imidazole rings is 2. The fourth-order valence-electron chi connectivity index (χ4n) is 9.37. The summed E-state index contributed by atoms with van der Waals surface area (Å²) in [6.07, 6.45) is 3.09. The van der Waals surface area contributed by atoms with E-state index < -0.39 is 30.4 Å². The SMILES string of the molecule is CC[C@H]1C[C@@H](c2ncc(-c3ccc4c(c3)COc3cc5c(ccc6[nH]c([C@@H]7CC[C@H](C)N7C(=O)[C@@H](NC(=O)OC)C(C)C)nc65)cc3-4)[nH]2)N(C(=O)[C@@H](NC(=O)OC)[C@@H](C)OC)C1. The average Bonchev–Trinajstić information content (AvgIpc) is 4.11. The molecule has 16 heteroatoms. The first-order chi connectivity index (χ1) is 29.8. The lowest BCUT2D eigenvalue weighted by atomic mass is 9.92. The first kappa shape index (κ1) is 42.5. The summed E-state index contributed by atoms with van der Waals surface area (Å²) in [6.45, 7) is 10.6. The van der Waals surface area contributed by atoms with Crippen molar-refractivity contribution in [2.45, 2.75) is 103 Å². The van der Waals surface area contributed by atoms with E-state index in [1.165, 1.54) is 21.3 Å². The first-order valence-corrected chi connectivity index (χ1v) is 21.5. The number of H-pyrrole nitrogens is 2. The van der Waals surface area contributed by atoms with Gasteiger partial charge in [0.25, 0.3) is 0 Å². The van der Waals surface area contributed by atoms with Crippen LogP contribution in [0.1, 0.15) is 89.6 Å². The monoisotopic (exact) mass is 848 g/mol. The van der Waals surface area contributed by atoms with Gasteiger partial charge in [-0.2, -0.15) is 0 Å². The molecular formula is C46H56N8O8. The Hall–Kier alpha value is -6.16. The van der Waals surface area contributed by atoms with Crippen molar-refractivity contribution >= 4 is 45.8 Å². The maximum absolute atomic E-state index is 14.0. The molecule has 3 aliphatic rings. The van der Waals surface area contributed by atoms with Crippen LogP contribution in [0.5, 0.6) is 5.75 Å². The van der Waals surface area contributed by atoms with Crippen molar-refractivity contribution in [1.29, 1.82) is 0 Å². The molecule has 0 radical (unpaired) electrons. The van der Waals surface area contributed by atoms with Crippen molar-refractivity contribution in [2.75, 3.05) is 27.9 Å². The Bertz CT molecular complexity index is 2510. The number of carbonyl (C=O) groups is 4. The number of nitrogens with zero attached hydrogens (tertiary/aromatic N) is 4. The molecule has 2 saturated heterocycles. The highest BCUT2D eigenvalue weighted by molar-refractivity contribution is 6.07. The molecule has 5 heterocycles. The molecule has 328 valence electrons. The van der Waals surface area contributed by atoms with E-state index in [1.54, 1.807) is 18.0 Å². The molecule has 0 aliphatic carbocycles. The van der Waals surface area contributed by atoms with Crippen LogP contribution in [0, 0.1) is 11.8 Å². The molecule has 7 atom stereocenters. The summed E-state index contributed by atoms with van der Waals surface area (Å²) < 4.78 is 21.5. The largest absolute Gasteiger partial charge is 0.488 e. The van der Waals surface area contributed by atoms with Gasteiger partial charge in [0.2, 0.25) is 11.8 Å². The Morgan fingerprint density at radius 1 is 0.887 bits per heavy atom. The van der Waals surface area contributed by atoms with E-state index in [0.717, 1.165) is 81.2 Å². The van der Waals surface area contributed by atoms with Crippen LogP contribution in [-0.2, 0) is 30.4 Å². The molecule has 3 aromatic carbocycles. The summed E-state index contributed by atoms with van der Waals surface area (Å²) in [5, 5.41) is 7.35. The molecule has 16 nitrogen and oxygen atoms in total. The van der Waals surface area contributed by atoms with E-state index in [-0.39, 0.29) is 41.8 Å². The number of fused-ring (bicyclic) bond motifs is 6. The lowest BCUT2D eigenvalue weighted by Gasteiger charge is -2.32. The number of carbonyl (C=O) groups excluding carboxylic acids is 4. The molecule has 3 aliphatic heterocycles. The maximum atomic E-state index is 14.0. The van der Waals surface area contributed by atoms with Crippen LogP contribution in [0.15, 0.2) is 48.7 Å². The number of alkyl carbamates (subject to hydrolysis) is 2. The van der Waals surface area contributed by atoms with E-state index in [9.17, 15) is 19.2 Å². The molecule has 4 N–H and O–H groups in total. The molecule has 0 unspecified atom stereocenters. The average molecular weight is 849 g/mol. The van der Waals surface area contributed by atoms with Gasteiger partial charge < -0.3 is 49.3 Å². The number of amides is 4. The van der Waals surface area contributed by atoms with E-state index >= 15 is 0 Å². The lowest BCUT2D eigenvalue weighted by molar-refractivity contribution is -0.138. The van der Waals surface area contributed by atoms with Gasteiger partial charge in [-0.3, -0.25) is 9.59 Å². The first-order valence-electron chi connectivity index (χ1n) is 21.5. The minimum atomic E-state index is -0.922. The van der Waals surface area contributed by atoms with Crippen LogP contribution in [0.4, 0.5) is 9.59 Å². The molecule has 4 amide bonds. The number of benzene rings is 3. The molecule has 2 fully saturated rings. The summed E-state index contributed by atoms with van der Waals surface area (Å²) >= 11 is 0. The highest BCUT2D eigenvalue weighted by atomic mass is 16.5. The number of ether oxygens (including phenoxy) is 4. The van der Waals surface area contributed by atoms with E-state index in [2.05, 4.69) is 63.9 Å². The van der Waals surface area contributed by atoms with Gasteiger partial charge in [-0.15, -0.1) is 0 Å². The predicted molar refractivity (Wildman–Crippen MR) is 232 cm³/mol. The van der Waals surface area contributed by atoms with Gasteiger partial charge in [0.15, 0.2) is 0 Å². The summed E-state index contributed by atoms with van der Waals surface area (Å²) in [5.41, 5.74) is 6.52. The molecule has 0 saturated carbocycles. The number of hydrogen-bond donors (Lipinski definition) is 4. The Balaban J connectivity index is 1.05. The molecule has 0 bridgehead atoms. The molecule has 2 aromatic heterocycles. The highest BCUT2D eigenvalue weighted by Crippen LogP contribution is 2.44. The fourth-order valence-corrected chi connectivity index (χ4v) is 9.37. The number of aromatic nitrogens is 4. The van der Waals surface area contributed by atoms with Crippen LogP contribution < -0.4 is 15.4 Å². The zero-order valence-corrected chi connectivity index (χ0v) is 36.5. The van der Waals surface area contributed by atoms with Gasteiger partial charge in [0, 0.05) is 30.6 Å². The molecule has 0 spiro atoms. The standard InChI is InChI=1S/C46H56N8O8/c1-9-26-16-36(53(21-26)43(55)39(25(5)59-6)52-46(58)61-8)41-47-20-34(49-41)28-11-13-30-29(17-28)22-62-37-19-31-27(18-32(30)37)12-14-33-40(31)50-42(48-33)35-15-10-24(4)54(35)44(56)38(23(2)3)51-45(57)60-7/h11-14,17-20,23-26,35-36,38-39H,9-10,15-16,21-22H2,1-8H3,(H,47,49)(H,48,50)(H,51,57)(H,52,58)/t24-,25+,26-,35-,36-,38-,39-/m0/s1. The van der Waals surface area contributed by atoms with Crippen molar-refractivity contribution in [2.24, 2.45) is 11.8 Å². The zero-order chi connectivity index (χ0) is 44.0. The number of rotatable bonds is 11. The van der Waals surface area contributed by atoms with Crippen molar-refractivity contribution in [3.63, 3.8) is 0 Å². The quantitative estimate of drug-likeness (QED) is 0.106. The predicted octanol–water partition coefficient (Wildman–Crippen LogP) is 7.16. The van der Waals surface area contributed by atoms with Gasteiger partial charge >= 0.3 is 12.2 Å². The zero-order valence-electron chi connectivity index (χ0n) is 36.5. The minimum absolute atomic E-state index is 0.0297. The summed E-state index contributed by atoms with van der Waals surface area (Å²) in [4.78, 5) is 72.9. The normalized spacial score (nSPS) is 21.0. The smallest absolute Gasteiger partial charge is 0.407 e. The van der Waals surface area contributed by atoms with Crippen LogP contribution in [-0.4, -0.2) is 106 Å². The number of methoxy groups -OCH3 is 3. The molecule has 8 rings (SSSR count). The topological polar surface area (TPSA) is 193 Å². The fraction of sp³-hybridized carbons (Fsp3) is 0.478. The second-order valence-corrected chi connectivity index (χ2v) is 17.1. The second kappa shape index (κ2) is 17.3. The number of aromatic amines is 2. The number of hydrogen-bond acceptors (Lipinski definition) is 10. The summed E-state index contributed by atoms with van der Waals surface area (Å²) in [6, 6.07) is 12.3. The van der Waals surface area contributed by atoms with Crippen molar-refractivity contribution in [3.8, 4) is 28.1 Å². The number of nitrogens with one attached hydrogen (secondary N) is 4. The molecule has 5 aromatic rings. The van der Waals surface area contributed by atoms with Crippen LogP contribution in [0.2, 0.25) is 0 Å². The van der Waals surface area contributed by atoms with E-state index in [1.807, 2.05) is 31.7 Å². The lowest BCUT2D eigenvalue weighted by Crippen LogP contribution is -2.54. The third kappa shape index (κ3) is 7.80. The van der Waals surface area contributed by atoms with Crippen molar-refractivity contribution < 1.29 is 38.1 Å². The number of likely N-dealkylation sites (tertiary alicyclic amines) is 2.